The van der Waals surface area contributed by atoms with Crippen LogP contribution in [0, 0.1) is 0 Å². The molecule has 1 nitrogen and oxygen atoms in total. The highest BCUT2D eigenvalue weighted by Gasteiger charge is 2.14. The Labute approximate surface area is 284 Å². The number of anilines is 3. The first-order valence-electron chi connectivity index (χ1n) is 16.3. The summed E-state index contributed by atoms with van der Waals surface area (Å²) >= 11 is 1.89. The van der Waals surface area contributed by atoms with Gasteiger partial charge in [0.2, 0.25) is 0 Å². The maximum absolute atomic E-state index is 2.35. The van der Waals surface area contributed by atoms with Crippen molar-refractivity contribution in [2.45, 2.75) is 0 Å². The Morgan fingerprint density at radius 1 is 0.312 bits per heavy atom. The highest BCUT2D eigenvalue weighted by Crippen LogP contribution is 2.41. The van der Waals surface area contributed by atoms with Crippen LogP contribution in [-0.2, 0) is 0 Å². The molecule has 0 aliphatic carbocycles. The van der Waals surface area contributed by atoms with Crippen molar-refractivity contribution in [1.82, 2.24) is 0 Å². The summed E-state index contributed by atoms with van der Waals surface area (Å²) in [5, 5.41) is 5.29. The minimum Gasteiger partial charge on any atom is -0.311 e. The molecule has 2 heteroatoms. The molecular formula is C46H31NS. The third-order valence-electron chi connectivity index (χ3n) is 9.27. The Hall–Kier alpha value is -5.96. The fourth-order valence-electron chi connectivity index (χ4n) is 6.82. The van der Waals surface area contributed by atoms with Gasteiger partial charge in [0.1, 0.15) is 0 Å². The summed E-state index contributed by atoms with van der Waals surface area (Å²) < 4.78 is 2.69. The summed E-state index contributed by atoms with van der Waals surface area (Å²) in [6.07, 6.45) is 0. The van der Waals surface area contributed by atoms with E-state index >= 15 is 0 Å². The maximum atomic E-state index is 2.35. The number of benzene rings is 8. The van der Waals surface area contributed by atoms with Gasteiger partial charge in [-0.05, 0) is 92.7 Å². The molecule has 0 aliphatic rings. The van der Waals surface area contributed by atoms with E-state index in [9.17, 15) is 0 Å². The lowest BCUT2D eigenvalue weighted by atomic mass is 9.99. The highest BCUT2D eigenvalue weighted by atomic mass is 32.1. The Kier molecular flexibility index (Phi) is 7.07. The van der Waals surface area contributed by atoms with E-state index in [1.54, 1.807) is 0 Å². The van der Waals surface area contributed by atoms with Crippen LogP contribution in [0.5, 0.6) is 0 Å². The number of nitrogens with zero attached hydrogens (tertiary/aromatic N) is 1. The largest absolute Gasteiger partial charge is 0.311 e. The molecule has 0 aliphatic heterocycles. The van der Waals surface area contributed by atoms with Gasteiger partial charge in [0, 0.05) is 37.2 Å². The number of hydrogen-bond donors (Lipinski definition) is 0. The second kappa shape index (κ2) is 12.0. The molecule has 0 N–H and O–H groups in total. The fraction of sp³-hybridized carbons (Fsp3) is 0. The third-order valence-corrected chi connectivity index (χ3v) is 10.5. The highest BCUT2D eigenvalue weighted by molar-refractivity contribution is 7.26. The van der Waals surface area contributed by atoms with Gasteiger partial charge in [-0.1, -0.05) is 140 Å². The topological polar surface area (TPSA) is 3.24 Å². The number of fused-ring (bicyclic) bond motifs is 5. The molecule has 0 amide bonds. The second-order valence-corrected chi connectivity index (χ2v) is 13.2. The summed E-state index contributed by atoms with van der Waals surface area (Å²) in [6, 6.07) is 68.0. The molecule has 48 heavy (non-hydrogen) atoms. The summed E-state index contributed by atoms with van der Waals surface area (Å²) in [4.78, 5) is 2.33. The molecule has 8 aromatic carbocycles. The lowest BCUT2D eigenvalue weighted by molar-refractivity contribution is 1.28. The summed E-state index contributed by atoms with van der Waals surface area (Å²) in [7, 11) is 0. The number of thiophene rings is 1. The van der Waals surface area contributed by atoms with Gasteiger partial charge < -0.3 is 4.90 Å². The van der Waals surface area contributed by atoms with Gasteiger partial charge in [-0.2, -0.15) is 0 Å². The molecule has 9 aromatic rings. The molecule has 0 spiro atoms. The zero-order valence-electron chi connectivity index (χ0n) is 26.3. The first-order valence-corrected chi connectivity index (χ1v) is 17.2. The minimum absolute atomic E-state index is 1.12. The quantitative estimate of drug-likeness (QED) is 0.177. The number of rotatable bonds is 6. The van der Waals surface area contributed by atoms with Crippen LogP contribution < -0.4 is 4.90 Å². The number of hydrogen-bond acceptors (Lipinski definition) is 2. The van der Waals surface area contributed by atoms with Gasteiger partial charge >= 0.3 is 0 Å². The predicted molar refractivity (Wildman–Crippen MR) is 208 cm³/mol. The lowest BCUT2D eigenvalue weighted by Gasteiger charge is -2.26. The Morgan fingerprint density at radius 2 is 0.812 bits per heavy atom. The third kappa shape index (κ3) is 5.13. The van der Waals surface area contributed by atoms with Crippen molar-refractivity contribution in [3.63, 3.8) is 0 Å². The summed E-state index contributed by atoms with van der Waals surface area (Å²) in [5.41, 5.74) is 10.7. The molecule has 0 bridgehead atoms. The molecule has 0 fully saturated rings. The van der Waals surface area contributed by atoms with E-state index in [4.69, 9.17) is 0 Å². The van der Waals surface area contributed by atoms with Crippen LogP contribution in [0.1, 0.15) is 0 Å². The van der Waals surface area contributed by atoms with E-state index < -0.39 is 0 Å². The molecule has 0 unspecified atom stereocenters. The first-order chi connectivity index (χ1) is 23.8. The Balaban J connectivity index is 1.05. The average molecular weight is 630 g/mol. The van der Waals surface area contributed by atoms with E-state index in [0.29, 0.717) is 0 Å². The molecule has 9 rings (SSSR count). The average Bonchev–Trinajstić information content (AvgIpc) is 3.55. The zero-order valence-corrected chi connectivity index (χ0v) is 27.1. The zero-order chi connectivity index (χ0) is 31.9. The van der Waals surface area contributed by atoms with Crippen molar-refractivity contribution in [3.05, 3.63) is 188 Å². The van der Waals surface area contributed by atoms with E-state index in [2.05, 4.69) is 193 Å². The molecule has 0 atom stereocenters. The minimum atomic E-state index is 1.12. The van der Waals surface area contributed by atoms with Crippen LogP contribution in [0.3, 0.4) is 0 Å². The lowest BCUT2D eigenvalue weighted by Crippen LogP contribution is -2.09. The van der Waals surface area contributed by atoms with Crippen molar-refractivity contribution in [2.24, 2.45) is 0 Å². The smallest absolute Gasteiger partial charge is 0.0462 e. The molecule has 0 saturated heterocycles. The predicted octanol–water partition coefficient (Wildman–Crippen LogP) is 13.7. The standard InChI is InChI=1S/C46H31NS/c1-3-10-32(11-4-1)36-13-9-14-37(30-36)33-18-24-40(25-19-33)47(39-15-5-2-6-16-39)41-26-20-34(21-27-41)38-23-28-43-44-29-22-35-12-7-8-17-42(35)46(44)48-45(43)31-38/h1-31H. The van der Waals surface area contributed by atoms with Crippen LogP contribution in [0.4, 0.5) is 17.1 Å². The van der Waals surface area contributed by atoms with Gasteiger partial charge in [-0.3, -0.25) is 0 Å². The van der Waals surface area contributed by atoms with Crippen LogP contribution >= 0.6 is 11.3 Å². The van der Waals surface area contributed by atoms with Crippen LogP contribution in [0.15, 0.2) is 188 Å². The van der Waals surface area contributed by atoms with Gasteiger partial charge in [-0.15, -0.1) is 11.3 Å². The van der Waals surface area contributed by atoms with Crippen molar-refractivity contribution >= 4 is 59.3 Å². The van der Waals surface area contributed by atoms with Crippen LogP contribution in [0.2, 0.25) is 0 Å². The molecular weight excluding hydrogens is 599 g/mol. The molecule has 1 aromatic heterocycles. The van der Waals surface area contributed by atoms with E-state index in [0.717, 1.165) is 17.1 Å². The van der Waals surface area contributed by atoms with Gasteiger partial charge in [-0.25, -0.2) is 0 Å². The fourth-order valence-corrected chi connectivity index (χ4v) is 8.10. The van der Waals surface area contributed by atoms with Crippen molar-refractivity contribution < 1.29 is 0 Å². The van der Waals surface area contributed by atoms with Crippen molar-refractivity contribution in [2.75, 3.05) is 4.90 Å². The van der Waals surface area contributed by atoms with E-state index in [-0.39, 0.29) is 0 Å². The van der Waals surface area contributed by atoms with Crippen LogP contribution in [-0.4, -0.2) is 0 Å². The first kappa shape index (κ1) is 28.3. The SMILES string of the molecule is c1ccc(-c2cccc(-c3ccc(N(c4ccccc4)c4ccc(-c5ccc6c(c5)sc5c7ccccc7ccc65)cc4)cc3)c2)cc1. The van der Waals surface area contributed by atoms with Gasteiger partial charge in [0.05, 0.1) is 0 Å². The maximum Gasteiger partial charge on any atom is 0.0462 e. The molecule has 0 saturated carbocycles. The van der Waals surface area contributed by atoms with Crippen molar-refractivity contribution in [3.8, 4) is 33.4 Å². The molecule has 0 radical (unpaired) electrons. The molecule has 1 heterocycles. The van der Waals surface area contributed by atoms with Crippen molar-refractivity contribution in [1.29, 1.82) is 0 Å². The van der Waals surface area contributed by atoms with Crippen LogP contribution in [0.25, 0.3) is 64.3 Å². The summed E-state index contributed by atoms with van der Waals surface area (Å²) in [5.74, 6) is 0. The van der Waals surface area contributed by atoms with E-state index in [1.165, 1.54) is 64.3 Å². The van der Waals surface area contributed by atoms with E-state index in [1.807, 2.05) is 11.3 Å². The normalized spacial score (nSPS) is 11.3. The molecule has 226 valence electrons. The second-order valence-electron chi connectivity index (χ2n) is 12.2. The van der Waals surface area contributed by atoms with Gasteiger partial charge in [0.15, 0.2) is 0 Å². The number of para-hydroxylation sites is 1. The Bertz CT molecular complexity index is 2530. The monoisotopic (exact) mass is 629 g/mol. The summed E-state index contributed by atoms with van der Waals surface area (Å²) in [6.45, 7) is 0. The Morgan fingerprint density at radius 3 is 1.50 bits per heavy atom. The van der Waals surface area contributed by atoms with Gasteiger partial charge in [0.25, 0.3) is 0 Å².